The van der Waals surface area contributed by atoms with Crippen molar-refractivity contribution < 1.29 is 28.6 Å². The van der Waals surface area contributed by atoms with E-state index in [0.717, 1.165) is 96.3 Å². The Kier molecular flexibility index (Phi) is 58.3. The van der Waals surface area contributed by atoms with E-state index in [2.05, 4.69) is 118 Å². The summed E-state index contributed by atoms with van der Waals surface area (Å²) in [5.74, 6) is -1.06. The summed E-state index contributed by atoms with van der Waals surface area (Å²) in [7, 11) is 0. The summed E-state index contributed by atoms with van der Waals surface area (Å²) in [5.41, 5.74) is 0. The maximum atomic E-state index is 12.9. The van der Waals surface area contributed by atoms with Crippen molar-refractivity contribution >= 4 is 17.9 Å². The van der Waals surface area contributed by atoms with Gasteiger partial charge >= 0.3 is 17.9 Å². The number of carbonyl (C=O) groups is 3. The van der Waals surface area contributed by atoms with Gasteiger partial charge in [0.2, 0.25) is 0 Å². The van der Waals surface area contributed by atoms with Crippen molar-refractivity contribution in [1.29, 1.82) is 0 Å². The highest BCUT2D eigenvalue weighted by Gasteiger charge is 2.19. The van der Waals surface area contributed by atoms with Gasteiger partial charge in [-0.05, 0) is 109 Å². The Morgan fingerprint density at radius 1 is 0.297 bits per heavy atom. The molecular formula is C68H114O6. The zero-order valence-electron chi connectivity index (χ0n) is 48.3. The molecule has 0 amide bonds. The fraction of sp³-hybridized carbons (Fsp3) is 0.691. The molecule has 0 bridgehead atoms. The second-order valence-electron chi connectivity index (χ2n) is 20.2. The maximum Gasteiger partial charge on any atom is 0.309 e. The number of unbranched alkanes of at least 4 members (excludes halogenated alkanes) is 27. The second-order valence-corrected chi connectivity index (χ2v) is 20.2. The summed E-state index contributed by atoms with van der Waals surface area (Å²) in [6.07, 6.45) is 84.0. The topological polar surface area (TPSA) is 78.9 Å². The van der Waals surface area contributed by atoms with E-state index in [1.165, 1.54) is 148 Å². The molecule has 422 valence electrons. The van der Waals surface area contributed by atoms with Crippen LogP contribution in [0.4, 0.5) is 0 Å². The van der Waals surface area contributed by atoms with Crippen molar-refractivity contribution in [2.75, 3.05) is 13.2 Å². The molecule has 0 saturated carbocycles. The van der Waals surface area contributed by atoms with Gasteiger partial charge in [0.1, 0.15) is 13.2 Å². The lowest BCUT2D eigenvalue weighted by Gasteiger charge is -2.18. The number of esters is 3. The largest absolute Gasteiger partial charge is 0.462 e. The van der Waals surface area contributed by atoms with Gasteiger partial charge in [0.25, 0.3) is 0 Å². The Morgan fingerprint density at radius 2 is 0.581 bits per heavy atom. The predicted molar refractivity (Wildman–Crippen MR) is 320 cm³/mol. The minimum absolute atomic E-state index is 0.114. The van der Waals surface area contributed by atoms with Crippen LogP contribution in [0.25, 0.3) is 0 Å². The highest BCUT2D eigenvalue weighted by Crippen LogP contribution is 2.15. The predicted octanol–water partition coefficient (Wildman–Crippen LogP) is 21.0. The molecule has 0 radical (unpaired) electrons. The molecule has 6 heteroatoms. The molecule has 0 aromatic rings. The molecule has 0 aromatic heterocycles. The number of carbonyl (C=O) groups excluding carboxylic acids is 3. The number of hydrogen-bond acceptors (Lipinski definition) is 6. The smallest absolute Gasteiger partial charge is 0.309 e. The molecule has 0 fully saturated rings. The number of allylic oxidation sites excluding steroid dienone is 17. The molecule has 0 heterocycles. The van der Waals surface area contributed by atoms with Crippen molar-refractivity contribution in [1.82, 2.24) is 0 Å². The van der Waals surface area contributed by atoms with Crippen LogP contribution in [0.1, 0.15) is 284 Å². The summed E-state index contributed by atoms with van der Waals surface area (Å²) < 4.78 is 16.8. The van der Waals surface area contributed by atoms with Crippen LogP contribution < -0.4 is 0 Å². The SMILES string of the molecule is CC/C=C\C/C=C\C/C=C\C/C=C\C/C=C\CC(=O)OCC(COC(=O)CCCCCCCCCCCC/C=C\C/C=C\C/C=C\CCCCCCC)OC(=O)CCCCCCC/C=C\CCCCCCCCC. The maximum absolute atomic E-state index is 12.9. The lowest BCUT2D eigenvalue weighted by molar-refractivity contribution is -0.166. The van der Waals surface area contributed by atoms with Crippen LogP contribution in [0.15, 0.2) is 109 Å². The van der Waals surface area contributed by atoms with Crippen molar-refractivity contribution in [3.05, 3.63) is 109 Å². The zero-order valence-corrected chi connectivity index (χ0v) is 48.3. The first-order valence-electron chi connectivity index (χ1n) is 30.9. The first-order valence-corrected chi connectivity index (χ1v) is 30.9. The van der Waals surface area contributed by atoms with E-state index in [-0.39, 0.29) is 31.6 Å². The highest BCUT2D eigenvalue weighted by atomic mass is 16.6. The van der Waals surface area contributed by atoms with E-state index in [4.69, 9.17) is 14.2 Å². The van der Waals surface area contributed by atoms with E-state index in [1.54, 1.807) is 6.08 Å². The van der Waals surface area contributed by atoms with Gasteiger partial charge in [0.05, 0.1) is 6.42 Å². The van der Waals surface area contributed by atoms with Gasteiger partial charge in [0, 0.05) is 12.8 Å². The van der Waals surface area contributed by atoms with Gasteiger partial charge in [-0.3, -0.25) is 14.4 Å². The Balaban J connectivity index is 4.42. The highest BCUT2D eigenvalue weighted by molar-refractivity contribution is 5.72. The van der Waals surface area contributed by atoms with Crippen LogP contribution in [0.2, 0.25) is 0 Å². The van der Waals surface area contributed by atoms with Gasteiger partial charge in [-0.25, -0.2) is 0 Å². The second kappa shape index (κ2) is 61.6. The minimum Gasteiger partial charge on any atom is -0.462 e. The molecule has 1 unspecified atom stereocenters. The summed E-state index contributed by atoms with van der Waals surface area (Å²) in [5, 5.41) is 0. The molecule has 6 nitrogen and oxygen atoms in total. The molecule has 0 spiro atoms. The molecule has 0 aliphatic carbocycles. The standard InChI is InChI=1S/C68H114O6/c1-4-7-10-13-16-19-22-25-28-30-31-32-33-34-35-36-37-38-41-43-46-49-52-55-58-61-67(70)73-64-65(63-72-66(69)60-57-54-51-48-45-42-39-27-24-21-18-15-12-9-6-3)74-68(71)62-59-56-53-50-47-44-40-29-26-23-20-17-14-11-8-5-2/h9,12,18,21-22,25,27,29-31,33-34,39-40,45,48,54,57,65H,4-8,10-11,13-17,19-20,23-24,26,28,32,35-38,41-44,46-47,49-53,55-56,58-64H2,1-3H3/b12-9-,21-18-,25-22-,31-30-,34-33-,39-27-,40-29-,48-45-,57-54-. The fourth-order valence-corrected chi connectivity index (χ4v) is 8.40. The Hall–Kier alpha value is -3.93. The van der Waals surface area contributed by atoms with Gasteiger partial charge in [-0.2, -0.15) is 0 Å². The van der Waals surface area contributed by atoms with E-state index in [0.29, 0.717) is 12.8 Å². The summed E-state index contributed by atoms with van der Waals surface area (Å²) >= 11 is 0. The molecule has 1 atom stereocenters. The average molecular weight is 1030 g/mol. The third kappa shape index (κ3) is 59.0. The molecule has 0 aromatic carbocycles. The molecule has 74 heavy (non-hydrogen) atoms. The van der Waals surface area contributed by atoms with Crippen molar-refractivity contribution in [2.24, 2.45) is 0 Å². The van der Waals surface area contributed by atoms with Crippen molar-refractivity contribution in [3.63, 3.8) is 0 Å². The normalized spacial score (nSPS) is 12.9. The quantitative estimate of drug-likeness (QED) is 0.0261. The van der Waals surface area contributed by atoms with E-state index >= 15 is 0 Å². The van der Waals surface area contributed by atoms with Crippen LogP contribution in [-0.4, -0.2) is 37.2 Å². The minimum atomic E-state index is -0.826. The molecule has 0 N–H and O–H groups in total. The van der Waals surface area contributed by atoms with E-state index in [9.17, 15) is 14.4 Å². The van der Waals surface area contributed by atoms with Crippen LogP contribution in [0.3, 0.4) is 0 Å². The summed E-state index contributed by atoms with van der Waals surface area (Å²) in [6, 6.07) is 0. The van der Waals surface area contributed by atoms with Crippen LogP contribution in [-0.2, 0) is 28.6 Å². The molecule has 0 saturated heterocycles. The fourth-order valence-electron chi connectivity index (χ4n) is 8.40. The molecule has 0 aliphatic rings. The third-order valence-electron chi connectivity index (χ3n) is 13.0. The average Bonchev–Trinajstić information content (AvgIpc) is 3.40. The first-order chi connectivity index (χ1) is 36.5. The van der Waals surface area contributed by atoms with Crippen LogP contribution in [0.5, 0.6) is 0 Å². The van der Waals surface area contributed by atoms with E-state index < -0.39 is 12.1 Å². The monoisotopic (exact) mass is 1030 g/mol. The first kappa shape index (κ1) is 70.1. The van der Waals surface area contributed by atoms with Gasteiger partial charge < -0.3 is 14.2 Å². The van der Waals surface area contributed by atoms with E-state index in [1.807, 2.05) is 6.08 Å². The number of ether oxygens (including phenoxy) is 3. The summed E-state index contributed by atoms with van der Waals surface area (Å²) in [6.45, 7) is 6.43. The molecular weight excluding hydrogens is 913 g/mol. The lowest BCUT2D eigenvalue weighted by atomic mass is 10.1. The van der Waals surface area contributed by atoms with Gasteiger partial charge in [0.15, 0.2) is 6.10 Å². The van der Waals surface area contributed by atoms with Crippen molar-refractivity contribution in [2.45, 2.75) is 290 Å². The zero-order chi connectivity index (χ0) is 53.6. The molecule has 0 rings (SSSR count). The summed E-state index contributed by atoms with van der Waals surface area (Å²) in [4.78, 5) is 38.2. The number of hydrogen-bond donors (Lipinski definition) is 0. The Bertz CT molecular complexity index is 1510. The lowest BCUT2D eigenvalue weighted by Crippen LogP contribution is -2.30. The Labute approximate surface area is 457 Å². The third-order valence-corrected chi connectivity index (χ3v) is 13.0. The Morgan fingerprint density at radius 3 is 0.959 bits per heavy atom. The van der Waals surface area contributed by atoms with Crippen LogP contribution in [0, 0.1) is 0 Å². The molecule has 0 aliphatic heterocycles. The van der Waals surface area contributed by atoms with Crippen molar-refractivity contribution in [3.8, 4) is 0 Å². The number of rotatable bonds is 55. The van der Waals surface area contributed by atoms with Gasteiger partial charge in [-0.15, -0.1) is 0 Å². The van der Waals surface area contributed by atoms with Crippen LogP contribution >= 0.6 is 0 Å². The van der Waals surface area contributed by atoms with Gasteiger partial charge in [-0.1, -0.05) is 265 Å².